The van der Waals surface area contributed by atoms with Crippen LogP contribution in [0.5, 0.6) is 0 Å². The Kier molecular flexibility index (Phi) is 5.19. The molecule has 3 aromatic rings. The maximum atomic E-state index is 12.2. The molecule has 0 bridgehead atoms. The number of non-ortho nitro benzene ring substituents is 1. The molecule has 2 aromatic carbocycles. The van der Waals surface area contributed by atoms with Gasteiger partial charge < -0.3 is 4.57 Å². The van der Waals surface area contributed by atoms with E-state index in [0.717, 1.165) is 4.70 Å². The average molecular weight is 405 g/mol. The van der Waals surface area contributed by atoms with Crippen molar-refractivity contribution in [3.63, 3.8) is 0 Å². The van der Waals surface area contributed by atoms with Crippen LogP contribution in [0.1, 0.15) is 6.42 Å². The van der Waals surface area contributed by atoms with Crippen LogP contribution in [0.25, 0.3) is 10.2 Å². The van der Waals surface area contributed by atoms with Crippen molar-refractivity contribution in [3.8, 4) is 0 Å². The molecule has 0 aliphatic heterocycles. The lowest BCUT2D eigenvalue weighted by Crippen LogP contribution is -2.15. The first-order valence-electron chi connectivity index (χ1n) is 7.87. The smallest absolute Gasteiger partial charge is 0.271 e. The zero-order chi connectivity index (χ0) is 19.6. The second-order valence-corrected chi connectivity index (χ2v) is 8.86. The number of aromatic nitrogens is 1. The molecule has 0 spiro atoms. The Morgan fingerprint density at radius 2 is 1.93 bits per heavy atom. The van der Waals surface area contributed by atoms with Gasteiger partial charge in [0.15, 0.2) is 14.6 Å². The van der Waals surface area contributed by atoms with Crippen molar-refractivity contribution >= 4 is 43.0 Å². The molecule has 1 amide bonds. The second kappa shape index (κ2) is 7.41. The zero-order valence-corrected chi connectivity index (χ0v) is 15.9. The number of amides is 1. The quantitative estimate of drug-likeness (QED) is 0.478. The van der Waals surface area contributed by atoms with E-state index >= 15 is 0 Å². The summed E-state index contributed by atoms with van der Waals surface area (Å²) >= 11 is 1.21. The van der Waals surface area contributed by atoms with Crippen LogP contribution in [0, 0.1) is 10.1 Å². The molecular weight excluding hydrogens is 390 g/mol. The number of nitro groups is 1. The molecule has 1 heterocycles. The Balaban J connectivity index is 1.83. The molecule has 8 nitrogen and oxygen atoms in total. The van der Waals surface area contributed by atoms with E-state index in [0.29, 0.717) is 10.3 Å². The van der Waals surface area contributed by atoms with Crippen LogP contribution in [-0.4, -0.2) is 29.6 Å². The minimum Gasteiger partial charge on any atom is -0.319 e. The van der Waals surface area contributed by atoms with E-state index in [1.807, 2.05) is 0 Å². The van der Waals surface area contributed by atoms with Gasteiger partial charge in [-0.05, 0) is 18.2 Å². The summed E-state index contributed by atoms with van der Waals surface area (Å²) < 4.78 is 26.8. The van der Waals surface area contributed by atoms with Gasteiger partial charge in [-0.15, -0.1) is 0 Å². The molecule has 0 radical (unpaired) electrons. The van der Waals surface area contributed by atoms with Gasteiger partial charge in [-0.3, -0.25) is 14.9 Å². The van der Waals surface area contributed by atoms with Gasteiger partial charge in [-0.1, -0.05) is 29.5 Å². The molecule has 27 heavy (non-hydrogen) atoms. The van der Waals surface area contributed by atoms with Gasteiger partial charge >= 0.3 is 0 Å². The van der Waals surface area contributed by atoms with Gasteiger partial charge in [-0.25, -0.2) is 8.42 Å². The predicted octanol–water partition coefficient (Wildman–Crippen LogP) is 2.44. The number of carbonyl (C=O) groups excluding carboxylic acids is 1. The minimum atomic E-state index is -3.56. The summed E-state index contributed by atoms with van der Waals surface area (Å²) in [5.74, 6) is -0.898. The highest BCUT2D eigenvalue weighted by molar-refractivity contribution is 7.91. The fraction of sp³-hybridized carbons (Fsp3) is 0.176. The highest BCUT2D eigenvalue weighted by Crippen LogP contribution is 2.22. The Morgan fingerprint density at radius 3 is 2.59 bits per heavy atom. The fourth-order valence-electron chi connectivity index (χ4n) is 2.47. The van der Waals surface area contributed by atoms with Crippen LogP contribution in [0.2, 0.25) is 0 Å². The van der Waals surface area contributed by atoms with E-state index in [9.17, 15) is 23.3 Å². The minimum absolute atomic E-state index is 0.0530. The van der Waals surface area contributed by atoms with Crippen LogP contribution in [0.15, 0.2) is 58.4 Å². The number of sulfone groups is 1. The molecule has 0 saturated heterocycles. The van der Waals surface area contributed by atoms with Gasteiger partial charge in [0, 0.05) is 25.6 Å². The number of carbonyl (C=O) groups is 1. The number of nitrogens with zero attached hydrogens (tertiary/aromatic N) is 3. The van der Waals surface area contributed by atoms with Gasteiger partial charge in [-0.2, -0.15) is 4.99 Å². The molecule has 0 unspecified atom stereocenters. The lowest BCUT2D eigenvalue weighted by atomic mass is 10.3. The summed E-state index contributed by atoms with van der Waals surface area (Å²) in [5.41, 5.74) is 0.528. The van der Waals surface area contributed by atoms with Crippen molar-refractivity contribution in [2.45, 2.75) is 11.3 Å². The third-order valence-corrected chi connectivity index (χ3v) is 6.76. The number of fused-ring (bicyclic) bond motifs is 1. The molecule has 10 heteroatoms. The molecule has 0 aliphatic carbocycles. The molecule has 0 aliphatic rings. The first kappa shape index (κ1) is 18.9. The van der Waals surface area contributed by atoms with Crippen LogP contribution in [0.4, 0.5) is 5.69 Å². The maximum absolute atomic E-state index is 12.2. The topological polar surface area (TPSA) is 112 Å². The molecule has 0 atom stereocenters. The normalized spacial score (nSPS) is 12.4. The van der Waals surface area contributed by atoms with E-state index in [4.69, 9.17) is 0 Å². The number of rotatable bonds is 5. The lowest BCUT2D eigenvalue weighted by Gasteiger charge is -2.02. The molecule has 0 N–H and O–H groups in total. The van der Waals surface area contributed by atoms with Crippen molar-refractivity contribution in [2.75, 3.05) is 5.75 Å². The lowest BCUT2D eigenvalue weighted by molar-refractivity contribution is -0.384. The largest absolute Gasteiger partial charge is 0.319 e. The Hall–Kier alpha value is -2.85. The first-order chi connectivity index (χ1) is 12.8. The second-order valence-electron chi connectivity index (χ2n) is 5.74. The number of nitro benzene ring substituents is 1. The number of benzene rings is 2. The molecule has 0 fully saturated rings. The Bertz CT molecular complexity index is 1190. The summed E-state index contributed by atoms with van der Waals surface area (Å²) in [4.78, 5) is 27.1. The highest BCUT2D eigenvalue weighted by Gasteiger charge is 2.16. The third kappa shape index (κ3) is 4.12. The van der Waals surface area contributed by atoms with Crippen molar-refractivity contribution in [1.82, 2.24) is 4.57 Å². The molecule has 3 rings (SSSR count). The number of hydrogen-bond donors (Lipinski definition) is 0. The van der Waals surface area contributed by atoms with E-state index in [2.05, 4.69) is 4.99 Å². The van der Waals surface area contributed by atoms with E-state index in [-0.39, 0.29) is 22.8 Å². The molecule has 140 valence electrons. The highest BCUT2D eigenvalue weighted by atomic mass is 32.2. The molecule has 1 aromatic heterocycles. The van der Waals surface area contributed by atoms with E-state index in [1.54, 1.807) is 35.9 Å². The molecule has 0 saturated carbocycles. The van der Waals surface area contributed by atoms with Crippen LogP contribution in [-0.2, 0) is 21.7 Å². The fourth-order valence-corrected chi connectivity index (χ4v) is 4.73. The van der Waals surface area contributed by atoms with Crippen molar-refractivity contribution in [1.29, 1.82) is 0 Å². The standard InChI is InChI=1S/C17H15N3O5S2/c1-19-14-11-12(20(22)23)7-8-15(14)26-17(19)18-16(21)9-10-27(24,25)13-5-3-2-4-6-13/h2-8,11H,9-10H2,1H3. The number of hydrogen-bond acceptors (Lipinski definition) is 6. The van der Waals surface area contributed by atoms with E-state index < -0.39 is 20.7 Å². The van der Waals surface area contributed by atoms with Crippen LogP contribution < -0.4 is 4.80 Å². The summed E-state index contributed by atoms with van der Waals surface area (Å²) in [6.07, 6.45) is -0.244. The average Bonchev–Trinajstić information content (AvgIpc) is 2.96. The summed E-state index contributed by atoms with van der Waals surface area (Å²) in [7, 11) is -1.91. The van der Waals surface area contributed by atoms with Gasteiger partial charge in [0.25, 0.3) is 5.69 Å². The maximum Gasteiger partial charge on any atom is 0.271 e. The van der Waals surface area contributed by atoms with Crippen LogP contribution >= 0.6 is 11.3 Å². The summed E-state index contributed by atoms with van der Waals surface area (Å²) in [6, 6.07) is 12.3. The SMILES string of the molecule is Cn1c(=NC(=O)CCS(=O)(=O)c2ccccc2)sc2ccc([N+](=O)[O-])cc21. The van der Waals surface area contributed by atoms with Crippen molar-refractivity contribution in [3.05, 3.63) is 63.4 Å². The first-order valence-corrected chi connectivity index (χ1v) is 10.3. The Labute approximate surface area is 158 Å². The van der Waals surface area contributed by atoms with Gasteiger partial charge in [0.2, 0.25) is 5.91 Å². The van der Waals surface area contributed by atoms with Crippen molar-refractivity contribution < 1.29 is 18.1 Å². The summed E-state index contributed by atoms with van der Waals surface area (Å²) in [5, 5.41) is 10.9. The monoisotopic (exact) mass is 405 g/mol. The Morgan fingerprint density at radius 1 is 1.22 bits per heavy atom. The molecular formula is C17H15N3O5S2. The number of aryl methyl sites for hydroxylation is 1. The number of thiazole rings is 1. The summed E-state index contributed by atoms with van der Waals surface area (Å²) in [6.45, 7) is 0. The third-order valence-electron chi connectivity index (χ3n) is 3.91. The van der Waals surface area contributed by atoms with Gasteiger partial charge in [0.05, 0.1) is 25.8 Å². The van der Waals surface area contributed by atoms with E-state index in [1.165, 1.54) is 35.6 Å². The van der Waals surface area contributed by atoms with Crippen LogP contribution in [0.3, 0.4) is 0 Å². The zero-order valence-electron chi connectivity index (χ0n) is 14.2. The predicted molar refractivity (Wildman–Crippen MR) is 101 cm³/mol. The van der Waals surface area contributed by atoms with Crippen molar-refractivity contribution in [2.24, 2.45) is 12.0 Å². The van der Waals surface area contributed by atoms with Gasteiger partial charge in [0.1, 0.15) is 0 Å².